The topological polar surface area (TPSA) is 132 Å². The number of carboxylic acid groups (broad SMARTS) is 2. The van der Waals surface area contributed by atoms with Crippen molar-refractivity contribution in [3.8, 4) is 33.9 Å². The lowest BCUT2D eigenvalue weighted by molar-refractivity contribution is -0.132. The molecule has 1 heterocycles. The second kappa shape index (κ2) is 23.2. The van der Waals surface area contributed by atoms with E-state index in [0.717, 1.165) is 69.8 Å². The maximum Gasteiger partial charge on any atom is 0.328 e. The van der Waals surface area contributed by atoms with E-state index in [1.54, 1.807) is 6.08 Å². The normalized spacial score (nSPS) is 11.6. The summed E-state index contributed by atoms with van der Waals surface area (Å²) in [6, 6.07) is 22.8. The van der Waals surface area contributed by atoms with E-state index in [2.05, 4.69) is 17.2 Å². The summed E-state index contributed by atoms with van der Waals surface area (Å²) in [4.78, 5) is 42.8. The molecule has 0 unspecified atom stereocenters. The van der Waals surface area contributed by atoms with Gasteiger partial charge in [0.1, 0.15) is 5.82 Å². The van der Waals surface area contributed by atoms with Crippen LogP contribution < -0.4 is 5.32 Å². The van der Waals surface area contributed by atoms with E-state index in [1.807, 2.05) is 78.9 Å². The molecule has 0 spiro atoms. The molecule has 54 heavy (non-hydrogen) atoms. The number of benzene rings is 3. The van der Waals surface area contributed by atoms with Crippen molar-refractivity contribution < 1.29 is 24.6 Å². The van der Waals surface area contributed by atoms with E-state index in [9.17, 15) is 14.4 Å². The smallest absolute Gasteiger partial charge is 0.328 e. The monoisotopic (exact) mass is 729 g/mol. The summed E-state index contributed by atoms with van der Waals surface area (Å²) in [7, 11) is 0. The van der Waals surface area contributed by atoms with Gasteiger partial charge in [0.2, 0.25) is 5.91 Å². The molecule has 0 atom stereocenters. The molecule has 1 amide bonds. The zero-order valence-corrected chi connectivity index (χ0v) is 31.6. The molecule has 3 aromatic carbocycles. The maximum atomic E-state index is 12.5. The number of carbonyl (C=O) groups excluding carboxylic acids is 1. The first-order valence-corrected chi connectivity index (χ1v) is 19.5. The Bertz CT molecular complexity index is 1830. The summed E-state index contributed by atoms with van der Waals surface area (Å²) in [6.07, 6.45) is 27.0. The first-order chi connectivity index (χ1) is 26.3. The van der Waals surface area contributed by atoms with Crippen molar-refractivity contribution in [1.29, 1.82) is 0 Å². The molecule has 0 saturated carbocycles. The van der Waals surface area contributed by atoms with Gasteiger partial charge >= 0.3 is 11.9 Å². The Morgan fingerprint density at radius 3 is 1.43 bits per heavy atom. The van der Waals surface area contributed by atoms with Crippen LogP contribution in [0.3, 0.4) is 0 Å². The van der Waals surface area contributed by atoms with Gasteiger partial charge in [-0.05, 0) is 41.3 Å². The minimum absolute atomic E-state index is 0.0969. The molecule has 4 rings (SSSR count). The van der Waals surface area contributed by atoms with Gasteiger partial charge < -0.3 is 20.5 Å². The van der Waals surface area contributed by atoms with Crippen molar-refractivity contribution >= 4 is 36.1 Å². The van der Waals surface area contributed by atoms with Crippen LogP contribution in [0, 0.1) is 0 Å². The molecule has 4 aromatic rings. The van der Waals surface area contributed by atoms with E-state index in [-0.39, 0.29) is 5.91 Å². The van der Waals surface area contributed by atoms with Gasteiger partial charge in [0.25, 0.3) is 0 Å². The summed E-state index contributed by atoms with van der Waals surface area (Å²) in [5, 5.41) is 21.0. The molecule has 0 bridgehead atoms. The van der Waals surface area contributed by atoms with Crippen molar-refractivity contribution in [2.45, 2.75) is 96.8 Å². The van der Waals surface area contributed by atoms with E-state index >= 15 is 0 Å². The lowest BCUT2D eigenvalue weighted by Gasteiger charge is -2.05. The number of carbonyl (C=O) groups is 3. The Kier molecular flexibility index (Phi) is 17.7. The Balaban J connectivity index is 1.30. The van der Waals surface area contributed by atoms with Gasteiger partial charge in [0.15, 0.2) is 0 Å². The van der Waals surface area contributed by atoms with E-state index in [4.69, 9.17) is 15.2 Å². The lowest BCUT2D eigenvalue weighted by Crippen LogP contribution is -2.21. The number of nitrogens with zero attached hydrogens (tertiary/aromatic N) is 1. The van der Waals surface area contributed by atoms with Crippen molar-refractivity contribution in [2.75, 3.05) is 6.54 Å². The quantitative estimate of drug-likeness (QED) is 0.0419. The largest absolute Gasteiger partial charge is 0.478 e. The van der Waals surface area contributed by atoms with Crippen molar-refractivity contribution in [1.82, 2.24) is 15.3 Å². The number of unbranched alkanes of at least 4 members (excludes halogenated alkanes) is 13. The first-order valence-electron chi connectivity index (χ1n) is 19.5. The van der Waals surface area contributed by atoms with E-state index < -0.39 is 11.9 Å². The van der Waals surface area contributed by atoms with Crippen LogP contribution in [-0.4, -0.2) is 44.6 Å². The standard InChI is InChI=1S/C46H55N3O5/c1-2-3-4-5-6-7-8-9-10-11-12-13-14-15-34-47-41(50)31-22-35-16-25-38(26-17-35)44-45(39-27-18-36(19-28-39)23-32-42(51)52)49-46(48-44)40-29-20-37(21-30-40)24-33-43(53)54/h16-33H,2-15,34H2,1H3,(H,47,50)(H,48,49)(H,51,52)(H,53,54). The molecule has 0 fully saturated rings. The summed E-state index contributed by atoms with van der Waals surface area (Å²) in [5.41, 5.74) is 6.50. The Labute approximate surface area is 320 Å². The average molecular weight is 730 g/mol. The predicted molar refractivity (Wildman–Crippen MR) is 221 cm³/mol. The molecule has 0 saturated heterocycles. The summed E-state index contributed by atoms with van der Waals surface area (Å²) in [6.45, 7) is 2.95. The molecule has 0 aliphatic rings. The van der Waals surface area contributed by atoms with Crippen LogP contribution in [0.5, 0.6) is 0 Å². The zero-order chi connectivity index (χ0) is 38.4. The van der Waals surface area contributed by atoms with Crippen LogP contribution in [0.2, 0.25) is 0 Å². The third-order valence-corrected chi connectivity index (χ3v) is 9.36. The summed E-state index contributed by atoms with van der Waals surface area (Å²) in [5.74, 6) is -1.48. The van der Waals surface area contributed by atoms with E-state index in [1.165, 1.54) is 89.2 Å². The number of amides is 1. The number of nitrogens with one attached hydrogen (secondary N) is 2. The Hall–Kier alpha value is -5.50. The van der Waals surface area contributed by atoms with Crippen LogP contribution >= 0.6 is 0 Å². The highest BCUT2D eigenvalue weighted by Gasteiger charge is 2.16. The number of hydrogen-bond donors (Lipinski definition) is 4. The third kappa shape index (κ3) is 14.9. The average Bonchev–Trinajstić information content (AvgIpc) is 3.63. The van der Waals surface area contributed by atoms with Crippen molar-refractivity contribution in [3.63, 3.8) is 0 Å². The molecule has 4 N–H and O–H groups in total. The van der Waals surface area contributed by atoms with Crippen LogP contribution in [0.4, 0.5) is 0 Å². The second-order valence-electron chi connectivity index (χ2n) is 13.7. The Morgan fingerprint density at radius 1 is 0.556 bits per heavy atom. The summed E-state index contributed by atoms with van der Waals surface area (Å²) >= 11 is 0. The van der Waals surface area contributed by atoms with Gasteiger partial charge in [0, 0.05) is 41.5 Å². The van der Waals surface area contributed by atoms with Crippen molar-refractivity contribution in [3.05, 3.63) is 108 Å². The summed E-state index contributed by atoms with van der Waals surface area (Å²) < 4.78 is 0. The number of aromatic amines is 1. The van der Waals surface area contributed by atoms with Gasteiger partial charge in [-0.3, -0.25) is 4.79 Å². The van der Waals surface area contributed by atoms with E-state index in [0.29, 0.717) is 12.4 Å². The Morgan fingerprint density at radius 2 is 0.963 bits per heavy atom. The molecular formula is C46H55N3O5. The predicted octanol–water partition coefficient (Wildman–Crippen LogP) is 11.2. The van der Waals surface area contributed by atoms with Gasteiger partial charge in [-0.15, -0.1) is 0 Å². The molecule has 284 valence electrons. The minimum Gasteiger partial charge on any atom is -0.478 e. The molecule has 8 nitrogen and oxygen atoms in total. The molecule has 0 radical (unpaired) electrons. The number of rotatable bonds is 24. The molecule has 0 aliphatic heterocycles. The maximum absolute atomic E-state index is 12.5. The fourth-order valence-electron chi connectivity index (χ4n) is 6.29. The van der Waals surface area contributed by atoms with Crippen LogP contribution in [0.15, 0.2) is 91.0 Å². The van der Waals surface area contributed by atoms with Gasteiger partial charge in [-0.1, -0.05) is 163 Å². The number of aliphatic carboxylic acids is 2. The third-order valence-electron chi connectivity index (χ3n) is 9.36. The fraction of sp³-hybridized carbons (Fsp3) is 0.348. The molecule has 8 heteroatoms. The molecular weight excluding hydrogens is 675 g/mol. The lowest BCUT2D eigenvalue weighted by atomic mass is 10.0. The van der Waals surface area contributed by atoms with Crippen LogP contribution in [-0.2, 0) is 14.4 Å². The zero-order valence-electron chi connectivity index (χ0n) is 31.6. The highest BCUT2D eigenvalue weighted by molar-refractivity contribution is 5.92. The molecule has 0 aliphatic carbocycles. The number of imidazole rings is 1. The van der Waals surface area contributed by atoms with Crippen molar-refractivity contribution in [2.24, 2.45) is 0 Å². The number of hydrogen-bond acceptors (Lipinski definition) is 4. The fourth-order valence-corrected chi connectivity index (χ4v) is 6.29. The second-order valence-corrected chi connectivity index (χ2v) is 13.7. The number of carboxylic acids is 2. The number of aromatic nitrogens is 2. The minimum atomic E-state index is -1.01. The van der Waals surface area contributed by atoms with Gasteiger partial charge in [-0.25, -0.2) is 14.6 Å². The van der Waals surface area contributed by atoms with Crippen LogP contribution in [0.1, 0.15) is 114 Å². The first kappa shape index (κ1) is 41.3. The number of H-pyrrole nitrogens is 1. The SMILES string of the molecule is CCCCCCCCCCCCCCCCNC(=O)C=Cc1ccc(-c2[nH]c(-c3ccc(C=CC(=O)O)cc3)nc2-c2ccc(C=CC(=O)O)cc2)cc1. The highest BCUT2D eigenvalue weighted by Crippen LogP contribution is 2.34. The highest BCUT2D eigenvalue weighted by atomic mass is 16.4. The van der Waals surface area contributed by atoms with Gasteiger partial charge in [0.05, 0.1) is 11.4 Å². The van der Waals surface area contributed by atoms with Crippen LogP contribution in [0.25, 0.3) is 52.1 Å². The molecule has 1 aromatic heterocycles. The van der Waals surface area contributed by atoms with Gasteiger partial charge in [-0.2, -0.15) is 0 Å².